The van der Waals surface area contributed by atoms with Crippen molar-refractivity contribution in [3.8, 4) is 0 Å². The van der Waals surface area contributed by atoms with Gasteiger partial charge >= 0.3 is 7.12 Å². The molecule has 2 heterocycles. The summed E-state index contributed by atoms with van der Waals surface area (Å²) in [5.74, 6) is 0. The highest BCUT2D eigenvalue weighted by Crippen LogP contribution is 2.16. The fraction of sp³-hybridized carbons (Fsp3) is 0.286. The van der Waals surface area contributed by atoms with Crippen LogP contribution < -0.4 is 10.8 Å². The van der Waals surface area contributed by atoms with Crippen molar-refractivity contribution in [2.45, 2.75) is 6.42 Å². The summed E-state index contributed by atoms with van der Waals surface area (Å²) in [5.41, 5.74) is 2.35. The van der Waals surface area contributed by atoms with E-state index in [2.05, 4.69) is 10.3 Å². The van der Waals surface area contributed by atoms with Crippen LogP contribution in [0.4, 0.5) is 5.69 Å². The van der Waals surface area contributed by atoms with Crippen molar-refractivity contribution >= 4 is 18.3 Å². The Morgan fingerprint density at radius 1 is 1.50 bits per heavy atom. The van der Waals surface area contributed by atoms with E-state index in [4.69, 9.17) is 10.0 Å². The first kappa shape index (κ1) is 7.58. The number of hydrogen-bond acceptors (Lipinski definition) is 4. The van der Waals surface area contributed by atoms with Gasteiger partial charge in [0.25, 0.3) is 0 Å². The average Bonchev–Trinajstić information content (AvgIpc) is 2.49. The van der Waals surface area contributed by atoms with E-state index in [1.54, 1.807) is 6.07 Å². The Labute approximate surface area is 70.4 Å². The molecule has 0 spiro atoms. The summed E-state index contributed by atoms with van der Waals surface area (Å²) in [6.45, 7) is 0.882. The molecule has 1 aliphatic heterocycles. The molecule has 2 rings (SSSR count). The fourth-order valence-electron chi connectivity index (χ4n) is 1.32. The SMILES string of the molecule is OB(O)c1cnc2c(c1)NCC2. The lowest BCUT2D eigenvalue weighted by atomic mass is 9.81. The van der Waals surface area contributed by atoms with Gasteiger partial charge in [0, 0.05) is 24.6 Å². The second-order valence-electron chi connectivity index (χ2n) is 2.81. The number of nitrogens with one attached hydrogen (secondary N) is 1. The molecule has 0 atom stereocenters. The Hall–Kier alpha value is -1.07. The van der Waals surface area contributed by atoms with E-state index in [0.717, 1.165) is 24.3 Å². The number of nitrogens with zero attached hydrogens (tertiary/aromatic N) is 1. The first-order valence-electron chi connectivity index (χ1n) is 3.86. The van der Waals surface area contributed by atoms with Crippen LogP contribution in [0, 0.1) is 0 Å². The molecule has 3 N–H and O–H groups in total. The van der Waals surface area contributed by atoms with Gasteiger partial charge in [-0.1, -0.05) is 0 Å². The van der Waals surface area contributed by atoms with Crippen LogP contribution in [-0.2, 0) is 6.42 Å². The van der Waals surface area contributed by atoms with Gasteiger partial charge in [-0.25, -0.2) is 0 Å². The van der Waals surface area contributed by atoms with Crippen LogP contribution in [0.1, 0.15) is 5.69 Å². The highest BCUT2D eigenvalue weighted by Gasteiger charge is 2.16. The number of hydrogen-bond donors (Lipinski definition) is 3. The van der Waals surface area contributed by atoms with Crippen molar-refractivity contribution in [2.24, 2.45) is 0 Å². The summed E-state index contributed by atoms with van der Waals surface area (Å²) in [5, 5.41) is 20.8. The van der Waals surface area contributed by atoms with Crippen LogP contribution in [0.5, 0.6) is 0 Å². The average molecular weight is 164 g/mol. The van der Waals surface area contributed by atoms with Gasteiger partial charge in [0.15, 0.2) is 0 Å². The molecule has 12 heavy (non-hydrogen) atoms. The number of aromatic nitrogens is 1. The summed E-state index contributed by atoms with van der Waals surface area (Å²) in [4.78, 5) is 4.10. The molecule has 0 saturated carbocycles. The molecule has 4 nitrogen and oxygen atoms in total. The van der Waals surface area contributed by atoms with E-state index < -0.39 is 7.12 Å². The van der Waals surface area contributed by atoms with E-state index in [0.29, 0.717) is 5.46 Å². The zero-order valence-corrected chi connectivity index (χ0v) is 6.49. The summed E-state index contributed by atoms with van der Waals surface area (Å²) < 4.78 is 0. The maximum Gasteiger partial charge on any atom is 0.490 e. The minimum absolute atomic E-state index is 0.433. The van der Waals surface area contributed by atoms with Crippen molar-refractivity contribution in [3.05, 3.63) is 18.0 Å². The minimum atomic E-state index is -1.43. The third kappa shape index (κ3) is 1.17. The van der Waals surface area contributed by atoms with Crippen LogP contribution in [0.2, 0.25) is 0 Å². The molecule has 0 fully saturated rings. The van der Waals surface area contributed by atoms with Gasteiger partial charge < -0.3 is 15.4 Å². The topological polar surface area (TPSA) is 65.4 Å². The molecule has 0 unspecified atom stereocenters. The molecule has 0 radical (unpaired) electrons. The van der Waals surface area contributed by atoms with Crippen LogP contribution in [0.3, 0.4) is 0 Å². The van der Waals surface area contributed by atoms with Crippen LogP contribution >= 0.6 is 0 Å². The Morgan fingerprint density at radius 3 is 3.08 bits per heavy atom. The van der Waals surface area contributed by atoms with E-state index in [-0.39, 0.29) is 0 Å². The van der Waals surface area contributed by atoms with E-state index in [1.807, 2.05) is 0 Å². The summed E-state index contributed by atoms with van der Waals surface area (Å²) in [7, 11) is -1.43. The molecular formula is C7H9BN2O2. The minimum Gasteiger partial charge on any atom is -0.423 e. The Balaban J connectivity index is 2.39. The smallest absolute Gasteiger partial charge is 0.423 e. The third-order valence-electron chi connectivity index (χ3n) is 1.97. The molecule has 5 heteroatoms. The number of fused-ring (bicyclic) bond motifs is 1. The first-order chi connectivity index (χ1) is 5.77. The van der Waals surface area contributed by atoms with E-state index in [1.165, 1.54) is 6.20 Å². The van der Waals surface area contributed by atoms with Gasteiger partial charge in [0.2, 0.25) is 0 Å². The van der Waals surface area contributed by atoms with Crippen molar-refractivity contribution in [2.75, 3.05) is 11.9 Å². The monoisotopic (exact) mass is 164 g/mol. The van der Waals surface area contributed by atoms with Gasteiger partial charge in [-0.05, 0) is 6.07 Å². The number of pyridine rings is 1. The van der Waals surface area contributed by atoms with E-state index in [9.17, 15) is 0 Å². The standard InChI is InChI=1S/C7H9BN2O2/c11-8(12)5-3-7-6(10-4-5)1-2-9-7/h3-4,9,11-12H,1-2H2. The summed E-state index contributed by atoms with van der Waals surface area (Å²) in [6, 6.07) is 1.72. The van der Waals surface area contributed by atoms with Crippen LogP contribution in [0.25, 0.3) is 0 Å². The fourth-order valence-corrected chi connectivity index (χ4v) is 1.32. The quantitative estimate of drug-likeness (QED) is 0.452. The molecule has 0 aromatic carbocycles. The maximum absolute atomic E-state index is 8.84. The highest BCUT2D eigenvalue weighted by atomic mass is 16.4. The van der Waals surface area contributed by atoms with Gasteiger partial charge in [-0.15, -0.1) is 0 Å². The van der Waals surface area contributed by atoms with Crippen molar-refractivity contribution in [1.29, 1.82) is 0 Å². The molecule has 0 amide bonds. The molecule has 1 aliphatic rings. The van der Waals surface area contributed by atoms with Gasteiger partial charge in [-0.3, -0.25) is 4.98 Å². The first-order valence-corrected chi connectivity index (χ1v) is 3.86. The van der Waals surface area contributed by atoms with Crippen LogP contribution in [0.15, 0.2) is 12.3 Å². The number of rotatable bonds is 1. The second-order valence-corrected chi connectivity index (χ2v) is 2.81. The second kappa shape index (κ2) is 2.77. The molecule has 0 saturated heterocycles. The zero-order valence-electron chi connectivity index (χ0n) is 6.49. The lowest BCUT2D eigenvalue weighted by Gasteiger charge is -2.02. The van der Waals surface area contributed by atoms with Crippen molar-refractivity contribution < 1.29 is 10.0 Å². The highest BCUT2D eigenvalue weighted by molar-refractivity contribution is 6.58. The Kier molecular flexibility index (Phi) is 1.75. The zero-order chi connectivity index (χ0) is 8.55. The molecule has 62 valence electrons. The molecule has 0 aliphatic carbocycles. The maximum atomic E-state index is 8.84. The molecule has 1 aromatic rings. The van der Waals surface area contributed by atoms with Gasteiger partial charge in [0.1, 0.15) is 0 Å². The molecule has 1 aromatic heterocycles. The normalized spacial score (nSPS) is 13.8. The number of anilines is 1. The summed E-state index contributed by atoms with van der Waals surface area (Å²) >= 11 is 0. The van der Waals surface area contributed by atoms with E-state index >= 15 is 0 Å². The predicted octanol–water partition coefficient (Wildman–Crippen LogP) is -1.27. The Morgan fingerprint density at radius 2 is 2.33 bits per heavy atom. The lowest BCUT2D eigenvalue weighted by molar-refractivity contribution is 0.425. The van der Waals surface area contributed by atoms with Gasteiger partial charge in [0.05, 0.1) is 11.4 Å². The van der Waals surface area contributed by atoms with Crippen LogP contribution in [-0.4, -0.2) is 28.7 Å². The van der Waals surface area contributed by atoms with Gasteiger partial charge in [-0.2, -0.15) is 0 Å². The van der Waals surface area contributed by atoms with Crippen molar-refractivity contribution in [3.63, 3.8) is 0 Å². The summed E-state index contributed by atoms with van der Waals surface area (Å²) in [6.07, 6.45) is 2.41. The molecule has 0 bridgehead atoms. The molecular weight excluding hydrogens is 155 g/mol. The lowest BCUT2D eigenvalue weighted by Crippen LogP contribution is -2.30. The largest absolute Gasteiger partial charge is 0.490 e. The van der Waals surface area contributed by atoms with Crippen molar-refractivity contribution in [1.82, 2.24) is 4.98 Å². The third-order valence-corrected chi connectivity index (χ3v) is 1.97. The predicted molar refractivity (Wildman–Crippen MR) is 46.3 cm³/mol. The Bertz CT molecular complexity index is 303.